The van der Waals surface area contributed by atoms with Crippen molar-refractivity contribution in [1.29, 1.82) is 0 Å². The number of likely N-dealkylation sites (N-methyl/N-ethyl adjacent to an activating group) is 1. The Kier molecular flexibility index (Phi) is 9.79. The van der Waals surface area contributed by atoms with Gasteiger partial charge >= 0.3 is 0 Å². The highest BCUT2D eigenvalue weighted by atomic mass is 15.2. The molecule has 5 nitrogen and oxygen atoms in total. The third-order valence-electron chi connectivity index (χ3n) is 3.31. The van der Waals surface area contributed by atoms with Crippen molar-refractivity contribution in [2.75, 3.05) is 46.8 Å². The molecule has 0 aromatic carbocycles. The molecule has 1 saturated heterocycles. The van der Waals surface area contributed by atoms with Gasteiger partial charge in [0.05, 0.1) is 6.21 Å². The first kappa shape index (κ1) is 16.9. The van der Waals surface area contributed by atoms with Crippen LogP contribution in [0.4, 0.5) is 0 Å². The van der Waals surface area contributed by atoms with Crippen molar-refractivity contribution >= 4 is 12.6 Å². The van der Waals surface area contributed by atoms with Crippen LogP contribution in [0.2, 0.25) is 0 Å². The van der Waals surface area contributed by atoms with Crippen LogP contribution in [0.5, 0.6) is 0 Å². The minimum atomic E-state index is 1.06. The summed E-state index contributed by atoms with van der Waals surface area (Å²) < 4.78 is 0. The van der Waals surface area contributed by atoms with Crippen LogP contribution in [0.1, 0.15) is 25.7 Å². The number of aliphatic imine (C=N–C) groups is 2. The van der Waals surface area contributed by atoms with Gasteiger partial charge in [-0.3, -0.25) is 4.99 Å². The molecule has 5 heteroatoms. The Hall–Kier alpha value is -1.20. The summed E-state index contributed by atoms with van der Waals surface area (Å²) in [6.45, 7) is 5.80. The second-order valence-electron chi connectivity index (χ2n) is 5.14. The fourth-order valence-corrected chi connectivity index (χ4v) is 2.06. The third kappa shape index (κ3) is 8.82. The lowest BCUT2D eigenvalue weighted by molar-refractivity contribution is 0.291. The van der Waals surface area contributed by atoms with Gasteiger partial charge in [-0.2, -0.15) is 0 Å². The van der Waals surface area contributed by atoms with Gasteiger partial charge in [-0.1, -0.05) is 12.5 Å². The summed E-state index contributed by atoms with van der Waals surface area (Å²) in [5.41, 5.74) is 1.12. The quantitative estimate of drug-likeness (QED) is 0.591. The number of nitrogens with zero attached hydrogens (tertiary/aromatic N) is 3. The summed E-state index contributed by atoms with van der Waals surface area (Å²) in [6, 6.07) is 0. The van der Waals surface area contributed by atoms with Crippen LogP contribution in [0.25, 0.3) is 0 Å². The summed E-state index contributed by atoms with van der Waals surface area (Å²) in [4.78, 5) is 10.2. The second-order valence-corrected chi connectivity index (χ2v) is 5.14. The molecule has 2 heterocycles. The first-order valence-corrected chi connectivity index (χ1v) is 7.60. The monoisotopic (exact) mass is 279 g/mol. The molecule has 0 unspecified atom stereocenters. The van der Waals surface area contributed by atoms with Crippen LogP contribution in [0, 0.1) is 0 Å². The van der Waals surface area contributed by atoms with E-state index in [4.69, 9.17) is 0 Å². The van der Waals surface area contributed by atoms with Crippen LogP contribution < -0.4 is 10.6 Å². The number of rotatable bonds is 2. The van der Waals surface area contributed by atoms with Gasteiger partial charge in [-0.15, -0.1) is 0 Å². The Morgan fingerprint density at radius 3 is 2.60 bits per heavy atom. The molecule has 20 heavy (non-hydrogen) atoms. The Balaban J connectivity index is 0.000000240. The minimum absolute atomic E-state index is 1.06. The van der Waals surface area contributed by atoms with Gasteiger partial charge in [0, 0.05) is 45.5 Å². The zero-order chi connectivity index (χ0) is 14.5. The average molecular weight is 279 g/mol. The predicted octanol–water partition coefficient (Wildman–Crippen LogP) is 1.28. The minimum Gasteiger partial charge on any atom is -0.384 e. The highest BCUT2D eigenvalue weighted by Gasteiger charge is 2.01. The van der Waals surface area contributed by atoms with Gasteiger partial charge in [0.1, 0.15) is 6.34 Å². The molecule has 2 N–H and O–H groups in total. The van der Waals surface area contributed by atoms with Crippen molar-refractivity contribution in [2.24, 2.45) is 9.98 Å². The molecule has 2 aliphatic rings. The van der Waals surface area contributed by atoms with Crippen LogP contribution in [-0.4, -0.2) is 64.3 Å². The van der Waals surface area contributed by atoms with Crippen LogP contribution >= 0.6 is 0 Å². The lowest BCUT2D eigenvalue weighted by atomic mass is 10.1. The molecule has 0 bridgehead atoms. The molecular formula is C15H29N5. The summed E-state index contributed by atoms with van der Waals surface area (Å²) in [5.74, 6) is 0. The standard InChI is InChI=1S/C10H17N3.C5H12N2/c1-11-9-12-8-10-6-4-2-3-5-7-13-10;1-7-4-2-6-3-5-7/h6,8-9,13H,2-5,7H2,1H3;6H,2-5H2,1H3/b10-6-,11-9?,12-8?;. The first-order valence-electron chi connectivity index (χ1n) is 7.60. The molecule has 0 amide bonds. The number of hydrogen-bond donors (Lipinski definition) is 2. The lowest BCUT2D eigenvalue weighted by Gasteiger charge is -2.21. The summed E-state index contributed by atoms with van der Waals surface area (Å²) in [7, 11) is 3.87. The molecule has 0 atom stereocenters. The zero-order valence-corrected chi connectivity index (χ0v) is 12.9. The number of piperazine rings is 1. The van der Waals surface area contributed by atoms with E-state index in [0.717, 1.165) is 31.8 Å². The maximum Gasteiger partial charge on any atom is 0.109 e. The molecule has 0 spiro atoms. The van der Waals surface area contributed by atoms with E-state index < -0.39 is 0 Å². The smallest absolute Gasteiger partial charge is 0.109 e. The van der Waals surface area contributed by atoms with E-state index in [9.17, 15) is 0 Å². The van der Waals surface area contributed by atoms with E-state index in [-0.39, 0.29) is 0 Å². The molecular weight excluding hydrogens is 250 g/mol. The normalized spacial score (nSPS) is 24.2. The van der Waals surface area contributed by atoms with Gasteiger partial charge in [0.25, 0.3) is 0 Å². The van der Waals surface area contributed by atoms with Gasteiger partial charge in [-0.25, -0.2) is 4.99 Å². The van der Waals surface area contributed by atoms with E-state index >= 15 is 0 Å². The number of nitrogens with one attached hydrogen (secondary N) is 2. The van der Waals surface area contributed by atoms with Crippen LogP contribution in [-0.2, 0) is 0 Å². The van der Waals surface area contributed by atoms with Crippen molar-refractivity contribution in [2.45, 2.75) is 25.7 Å². The maximum atomic E-state index is 4.04. The van der Waals surface area contributed by atoms with E-state index in [2.05, 4.69) is 38.6 Å². The maximum absolute atomic E-state index is 4.04. The molecule has 0 aliphatic carbocycles. The van der Waals surface area contributed by atoms with Crippen molar-refractivity contribution in [1.82, 2.24) is 15.5 Å². The summed E-state index contributed by atoms with van der Waals surface area (Å²) in [6.07, 6.45) is 10.6. The van der Waals surface area contributed by atoms with E-state index in [0.29, 0.717) is 0 Å². The molecule has 2 aliphatic heterocycles. The number of allylic oxidation sites excluding steroid dienone is 2. The summed E-state index contributed by atoms with van der Waals surface area (Å²) >= 11 is 0. The Morgan fingerprint density at radius 2 is 1.95 bits per heavy atom. The number of hydrogen-bond acceptors (Lipinski definition) is 4. The fraction of sp³-hybridized carbons (Fsp3) is 0.733. The molecule has 2 rings (SSSR count). The van der Waals surface area contributed by atoms with Gasteiger partial charge in [-0.05, 0) is 26.3 Å². The molecule has 0 radical (unpaired) electrons. The van der Waals surface area contributed by atoms with Crippen molar-refractivity contribution in [3.8, 4) is 0 Å². The SMILES string of the molecule is CN1CCNCC1.CN=CN=C/C1=C/CCCCCN1. The van der Waals surface area contributed by atoms with Crippen LogP contribution in [0.3, 0.4) is 0 Å². The Morgan fingerprint density at radius 1 is 1.15 bits per heavy atom. The Labute approximate surface area is 123 Å². The fourth-order valence-electron chi connectivity index (χ4n) is 2.06. The van der Waals surface area contributed by atoms with Gasteiger partial charge in [0.2, 0.25) is 0 Å². The second kappa shape index (κ2) is 11.6. The average Bonchev–Trinajstić information content (AvgIpc) is 2.43. The van der Waals surface area contributed by atoms with Crippen LogP contribution in [0.15, 0.2) is 21.8 Å². The Bertz CT molecular complexity index is 316. The first-order chi connectivity index (χ1) is 9.83. The third-order valence-corrected chi connectivity index (χ3v) is 3.31. The van der Waals surface area contributed by atoms with Gasteiger partial charge in [0.15, 0.2) is 0 Å². The lowest BCUT2D eigenvalue weighted by Crippen LogP contribution is -2.40. The molecule has 0 saturated carbocycles. The highest BCUT2D eigenvalue weighted by Crippen LogP contribution is 2.05. The molecule has 0 aromatic rings. The largest absolute Gasteiger partial charge is 0.384 e. The van der Waals surface area contributed by atoms with Crippen molar-refractivity contribution in [3.63, 3.8) is 0 Å². The highest BCUT2D eigenvalue weighted by molar-refractivity contribution is 5.84. The van der Waals surface area contributed by atoms with Gasteiger partial charge < -0.3 is 15.5 Å². The van der Waals surface area contributed by atoms with Crippen molar-refractivity contribution < 1.29 is 0 Å². The van der Waals surface area contributed by atoms with E-state index in [1.807, 2.05) is 6.21 Å². The molecule has 114 valence electrons. The topological polar surface area (TPSA) is 52.0 Å². The van der Waals surface area contributed by atoms with E-state index in [1.54, 1.807) is 13.4 Å². The molecule has 0 aromatic heterocycles. The predicted molar refractivity (Wildman–Crippen MR) is 87.8 cm³/mol. The van der Waals surface area contributed by atoms with Crippen molar-refractivity contribution in [3.05, 3.63) is 11.8 Å². The summed E-state index contributed by atoms with van der Waals surface area (Å²) in [5, 5.41) is 6.60. The zero-order valence-electron chi connectivity index (χ0n) is 12.9. The molecule has 1 fully saturated rings. The van der Waals surface area contributed by atoms with E-state index in [1.165, 1.54) is 32.4 Å².